The summed E-state index contributed by atoms with van der Waals surface area (Å²) >= 11 is 0. The number of halogens is 1. The van der Waals surface area contributed by atoms with E-state index >= 15 is 0 Å². The number of imidazole rings is 1. The molecule has 162 valence electrons. The van der Waals surface area contributed by atoms with Crippen LogP contribution in [-0.2, 0) is 16.6 Å². The Labute approximate surface area is 180 Å². The van der Waals surface area contributed by atoms with Gasteiger partial charge in [0.15, 0.2) is 0 Å². The number of nitrogens with one attached hydrogen (secondary N) is 1. The Morgan fingerprint density at radius 3 is 2.48 bits per heavy atom. The maximum absolute atomic E-state index is 14.3. The molecule has 1 aromatic heterocycles. The summed E-state index contributed by atoms with van der Waals surface area (Å²) in [4.78, 5) is 16.4. The van der Waals surface area contributed by atoms with Crippen molar-refractivity contribution in [2.75, 3.05) is 18.4 Å². The molecule has 1 aliphatic heterocycles. The zero-order valence-electron chi connectivity index (χ0n) is 17.1. The molecular formula is C22H23FN4O3S. The second-order valence-corrected chi connectivity index (χ2v) is 9.42. The number of nitrogens with zero attached hydrogens (tertiary/aromatic N) is 3. The third kappa shape index (κ3) is 4.52. The van der Waals surface area contributed by atoms with E-state index in [1.165, 1.54) is 10.4 Å². The second kappa shape index (κ2) is 8.60. The highest BCUT2D eigenvalue weighted by atomic mass is 32.2. The van der Waals surface area contributed by atoms with Gasteiger partial charge in [0.25, 0.3) is 5.91 Å². The Balaban J connectivity index is 1.49. The van der Waals surface area contributed by atoms with Crippen molar-refractivity contribution in [3.8, 4) is 0 Å². The number of benzene rings is 2. The van der Waals surface area contributed by atoms with Crippen molar-refractivity contribution in [2.24, 2.45) is 0 Å². The van der Waals surface area contributed by atoms with E-state index in [4.69, 9.17) is 0 Å². The van der Waals surface area contributed by atoms with Gasteiger partial charge in [-0.25, -0.2) is 17.8 Å². The molecule has 0 radical (unpaired) electrons. The third-order valence-corrected chi connectivity index (χ3v) is 7.28. The summed E-state index contributed by atoms with van der Waals surface area (Å²) in [6.45, 7) is 3.32. The van der Waals surface area contributed by atoms with E-state index in [0.717, 1.165) is 36.4 Å². The van der Waals surface area contributed by atoms with Gasteiger partial charge in [-0.15, -0.1) is 0 Å². The number of aromatic nitrogens is 2. The predicted molar refractivity (Wildman–Crippen MR) is 115 cm³/mol. The molecule has 0 saturated carbocycles. The van der Waals surface area contributed by atoms with Gasteiger partial charge in [-0.3, -0.25) is 4.79 Å². The Morgan fingerprint density at radius 1 is 1.13 bits per heavy atom. The van der Waals surface area contributed by atoms with E-state index in [1.807, 2.05) is 29.8 Å². The SMILES string of the molecule is Cc1nccn1Cc1ccc(NC(=O)c2ccc(F)c(S(=O)(=O)N3CCCC3)c2)cc1. The molecule has 0 aliphatic carbocycles. The van der Waals surface area contributed by atoms with Crippen LogP contribution in [0.2, 0.25) is 0 Å². The van der Waals surface area contributed by atoms with E-state index in [-0.39, 0.29) is 5.56 Å². The van der Waals surface area contributed by atoms with E-state index in [9.17, 15) is 17.6 Å². The fourth-order valence-electron chi connectivity index (χ4n) is 3.57. The van der Waals surface area contributed by atoms with Crippen LogP contribution >= 0.6 is 0 Å². The van der Waals surface area contributed by atoms with Crippen LogP contribution in [0.3, 0.4) is 0 Å². The number of amides is 1. The Morgan fingerprint density at radius 2 is 1.84 bits per heavy atom. The van der Waals surface area contributed by atoms with E-state index in [2.05, 4.69) is 10.3 Å². The van der Waals surface area contributed by atoms with Crippen molar-refractivity contribution < 1.29 is 17.6 Å². The molecule has 2 aromatic carbocycles. The smallest absolute Gasteiger partial charge is 0.255 e. The number of carbonyl (C=O) groups is 1. The standard InChI is InChI=1S/C22H23FN4O3S/c1-16-24-10-13-26(16)15-17-4-7-19(8-5-17)25-22(28)18-6-9-20(23)21(14-18)31(29,30)27-11-2-3-12-27/h4-10,13-14H,2-3,11-12,15H2,1H3,(H,25,28). The Hall–Kier alpha value is -3.04. The van der Waals surface area contributed by atoms with Gasteiger partial charge >= 0.3 is 0 Å². The van der Waals surface area contributed by atoms with Gasteiger partial charge in [0.2, 0.25) is 10.0 Å². The van der Waals surface area contributed by atoms with Crippen LogP contribution < -0.4 is 5.32 Å². The minimum atomic E-state index is -3.96. The average molecular weight is 443 g/mol. The van der Waals surface area contributed by atoms with Gasteiger partial charge in [-0.1, -0.05) is 12.1 Å². The van der Waals surface area contributed by atoms with Crippen molar-refractivity contribution in [3.63, 3.8) is 0 Å². The lowest BCUT2D eigenvalue weighted by atomic mass is 10.1. The number of hydrogen-bond acceptors (Lipinski definition) is 4. The molecule has 9 heteroatoms. The van der Waals surface area contributed by atoms with Gasteiger partial charge in [-0.05, 0) is 55.7 Å². The van der Waals surface area contributed by atoms with E-state index < -0.39 is 26.6 Å². The van der Waals surface area contributed by atoms with Crippen molar-refractivity contribution in [3.05, 3.63) is 77.6 Å². The molecule has 4 rings (SSSR count). The van der Waals surface area contributed by atoms with Crippen LogP contribution in [0.15, 0.2) is 59.8 Å². The molecule has 0 bridgehead atoms. The molecule has 1 saturated heterocycles. The third-order valence-electron chi connectivity index (χ3n) is 5.36. The molecule has 1 amide bonds. The van der Waals surface area contributed by atoms with Crippen LogP contribution in [-0.4, -0.2) is 41.3 Å². The molecule has 0 unspecified atom stereocenters. The lowest BCUT2D eigenvalue weighted by Gasteiger charge is -2.16. The molecule has 1 aliphatic rings. The zero-order valence-corrected chi connectivity index (χ0v) is 17.9. The van der Waals surface area contributed by atoms with Crippen LogP contribution in [0.25, 0.3) is 0 Å². The fourth-order valence-corrected chi connectivity index (χ4v) is 5.18. The monoisotopic (exact) mass is 442 g/mol. The van der Waals surface area contributed by atoms with Crippen LogP contribution in [0.1, 0.15) is 34.6 Å². The summed E-state index contributed by atoms with van der Waals surface area (Å²) < 4.78 is 43.0. The van der Waals surface area contributed by atoms with Crippen LogP contribution in [0, 0.1) is 12.7 Å². The average Bonchev–Trinajstić information content (AvgIpc) is 3.42. The number of aryl methyl sites for hydroxylation is 1. The minimum absolute atomic E-state index is 0.0808. The summed E-state index contributed by atoms with van der Waals surface area (Å²) in [6, 6.07) is 10.7. The van der Waals surface area contributed by atoms with Crippen molar-refractivity contribution in [1.29, 1.82) is 0 Å². The quantitative estimate of drug-likeness (QED) is 0.634. The maximum Gasteiger partial charge on any atom is 0.255 e. The highest BCUT2D eigenvalue weighted by molar-refractivity contribution is 7.89. The molecule has 3 aromatic rings. The van der Waals surface area contributed by atoms with E-state index in [0.29, 0.717) is 25.3 Å². The minimum Gasteiger partial charge on any atom is -0.331 e. The maximum atomic E-state index is 14.3. The first-order chi connectivity index (χ1) is 14.8. The van der Waals surface area contributed by atoms with Crippen molar-refractivity contribution >= 4 is 21.6 Å². The first kappa shape index (κ1) is 21.2. The van der Waals surface area contributed by atoms with Gasteiger partial charge in [-0.2, -0.15) is 4.31 Å². The van der Waals surface area contributed by atoms with Gasteiger partial charge < -0.3 is 9.88 Å². The number of sulfonamides is 1. The van der Waals surface area contributed by atoms with Gasteiger partial charge in [0.05, 0.1) is 0 Å². The summed E-state index contributed by atoms with van der Waals surface area (Å²) in [5.41, 5.74) is 1.68. The number of anilines is 1. The topological polar surface area (TPSA) is 84.3 Å². The normalized spacial score (nSPS) is 14.6. The Bertz CT molecular complexity index is 1200. The molecule has 7 nitrogen and oxygen atoms in total. The van der Waals surface area contributed by atoms with Crippen LogP contribution in [0.5, 0.6) is 0 Å². The highest BCUT2D eigenvalue weighted by Gasteiger charge is 2.30. The summed E-state index contributed by atoms with van der Waals surface area (Å²) in [7, 11) is -3.96. The van der Waals surface area contributed by atoms with Gasteiger partial charge in [0, 0.05) is 43.3 Å². The lowest BCUT2D eigenvalue weighted by Crippen LogP contribution is -2.29. The number of rotatable bonds is 6. The Kier molecular flexibility index (Phi) is 5.88. The summed E-state index contributed by atoms with van der Waals surface area (Å²) in [5.74, 6) is -0.452. The molecule has 1 fully saturated rings. The zero-order chi connectivity index (χ0) is 22.0. The molecule has 31 heavy (non-hydrogen) atoms. The highest BCUT2D eigenvalue weighted by Crippen LogP contribution is 2.24. The first-order valence-corrected chi connectivity index (χ1v) is 11.5. The molecular weight excluding hydrogens is 419 g/mol. The van der Waals surface area contributed by atoms with E-state index in [1.54, 1.807) is 18.3 Å². The number of hydrogen-bond donors (Lipinski definition) is 1. The lowest BCUT2D eigenvalue weighted by molar-refractivity contribution is 0.102. The molecule has 1 N–H and O–H groups in total. The predicted octanol–water partition coefficient (Wildman–Crippen LogP) is 3.42. The van der Waals surface area contributed by atoms with Crippen molar-refractivity contribution in [1.82, 2.24) is 13.9 Å². The molecule has 0 atom stereocenters. The van der Waals surface area contributed by atoms with Crippen LogP contribution in [0.4, 0.5) is 10.1 Å². The summed E-state index contributed by atoms with van der Waals surface area (Å²) in [5, 5.41) is 2.73. The van der Waals surface area contributed by atoms with Gasteiger partial charge in [0.1, 0.15) is 16.5 Å². The largest absolute Gasteiger partial charge is 0.331 e. The fraction of sp³-hybridized carbons (Fsp3) is 0.273. The molecule has 2 heterocycles. The second-order valence-electron chi connectivity index (χ2n) is 7.51. The first-order valence-electron chi connectivity index (χ1n) is 10.0. The summed E-state index contributed by atoms with van der Waals surface area (Å²) in [6.07, 6.45) is 5.13. The number of carbonyl (C=O) groups excluding carboxylic acids is 1. The molecule has 0 spiro atoms. The van der Waals surface area contributed by atoms with Crippen molar-refractivity contribution in [2.45, 2.75) is 31.2 Å².